The highest BCUT2D eigenvalue weighted by Gasteiger charge is 2.08. The quantitative estimate of drug-likeness (QED) is 0.759. The molecule has 1 aromatic heterocycles. The maximum Gasteiger partial charge on any atom is 0.123 e. The van der Waals surface area contributed by atoms with Gasteiger partial charge in [-0.15, -0.1) is 0 Å². The summed E-state index contributed by atoms with van der Waals surface area (Å²) in [4.78, 5) is 0. The van der Waals surface area contributed by atoms with E-state index in [9.17, 15) is 4.39 Å². The molecular weight excluding hydrogens is 253 g/mol. The molecule has 108 valence electrons. The molecule has 2 aromatic rings. The van der Waals surface area contributed by atoms with Crippen LogP contribution in [0.5, 0.6) is 0 Å². The third kappa shape index (κ3) is 3.90. The summed E-state index contributed by atoms with van der Waals surface area (Å²) in [6.07, 6.45) is 4.98. The fourth-order valence-corrected chi connectivity index (χ4v) is 2.38. The van der Waals surface area contributed by atoms with E-state index in [1.807, 2.05) is 25.3 Å². The molecule has 0 radical (unpaired) electrons. The van der Waals surface area contributed by atoms with E-state index in [1.54, 1.807) is 0 Å². The van der Waals surface area contributed by atoms with Gasteiger partial charge in [0.15, 0.2) is 0 Å². The lowest BCUT2D eigenvalue weighted by atomic mass is 10.0. The second-order valence-corrected chi connectivity index (χ2v) is 5.09. The largest absolute Gasteiger partial charge is 0.310 e. The Hall–Kier alpha value is -1.68. The van der Waals surface area contributed by atoms with Gasteiger partial charge in [0, 0.05) is 11.7 Å². The van der Waals surface area contributed by atoms with Crippen molar-refractivity contribution in [1.29, 1.82) is 0 Å². The summed E-state index contributed by atoms with van der Waals surface area (Å²) in [6, 6.07) is 7.05. The first-order valence-electron chi connectivity index (χ1n) is 7.18. The van der Waals surface area contributed by atoms with E-state index in [-0.39, 0.29) is 5.82 Å². The smallest absolute Gasteiger partial charge is 0.123 e. The van der Waals surface area contributed by atoms with Gasteiger partial charge in [0.2, 0.25) is 0 Å². The molecule has 0 spiro atoms. The predicted octanol–water partition coefficient (Wildman–Crippen LogP) is 3.53. The molecule has 2 N–H and O–H groups in total. The zero-order chi connectivity index (χ0) is 14.4. The number of aromatic amines is 1. The van der Waals surface area contributed by atoms with E-state index < -0.39 is 0 Å². The normalized spacial score (nSPS) is 12.6. The summed E-state index contributed by atoms with van der Waals surface area (Å²) < 4.78 is 12.9. The number of benzene rings is 1. The number of hydrogen-bond donors (Lipinski definition) is 2. The standard InChI is InChI=1S/C16H22FN3/c1-3-16(13-6-8-15(17)9-7-13)18-10-4-5-14-11-19-20-12(14)2/h6-9,11,16,18H,3-5,10H2,1-2H3,(H,19,20). The molecule has 0 aliphatic rings. The number of halogens is 1. The maximum atomic E-state index is 12.9. The number of aryl methyl sites for hydroxylation is 2. The minimum absolute atomic E-state index is 0.181. The monoisotopic (exact) mass is 275 g/mol. The summed E-state index contributed by atoms with van der Waals surface area (Å²) in [5.74, 6) is -0.181. The molecule has 3 nitrogen and oxygen atoms in total. The molecule has 0 bridgehead atoms. The Morgan fingerprint density at radius 2 is 2.05 bits per heavy atom. The first kappa shape index (κ1) is 14.7. The molecule has 0 fully saturated rings. The Bertz CT molecular complexity index is 519. The van der Waals surface area contributed by atoms with Crippen LogP contribution in [0.1, 0.15) is 42.6 Å². The average molecular weight is 275 g/mol. The Balaban J connectivity index is 1.79. The van der Waals surface area contributed by atoms with Gasteiger partial charge in [0.05, 0.1) is 6.20 Å². The maximum absolute atomic E-state index is 12.9. The highest BCUT2D eigenvalue weighted by atomic mass is 19.1. The highest BCUT2D eigenvalue weighted by Crippen LogP contribution is 2.17. The zero-order valence-electron chi connectivity index (χ0n) is 12.1. The van der Waals surface area contributed by atoms with Crippen molar-refractivity contribution in [2.24, 2.45) is 0 Å². The topological polar surface area (TPSA) is 40.7 Å². The van der Waals surface area contributed by atoms with Crippen LogP contribution in [0, 0.1) is 12.7 Å². The van der Waals surface area contributed by atoms with Crippen molar-refractivity contribution in [2.45, 2.75) is 39.2 Å². The van der Waals surface area contributed by atoms with Crippen molar-refractivity contribution in [1.82, 2.24) is 15.5 Å². The van der Waals surface area contributed by atoms with Crippen molar-refractivity contribution >= 4 is 0 Å². The van der Waals surface area contributed by atoms with Crippen molar-refractivity contribution in [3.8, 4) is 0 Å². The van der Waals surface area contributed by atoms with Crippen LogP contribution >= 0.6 is 0 Å². The lowest BCUT2D eigenvalue weighted by Gasteiger charge is -2.17. The second-order valence-electron chi connectivity index (χ2n) is 5.09. The second kappa shape index (κ2) is 7.20. The molecule has 1 unspecified atom stereocenters. The van der Waals surface area contributed by atoms with Gasteiger partial charge in [-0.25, -0.2) is 4.39 Å². The molecule has 0 aliphatic carbocycles. The average Bonchev–Trinajstić information content (AvgIpc) is 2.86. The van der Waals surface area contributed by atoms with Gasteiger partial charge in [-0.05, 0) is 56.0 Å². The third-order valence-electron chi connectivity index (χ3n) is 3.63. The molecule has 0 saturated heterocycles. The summed E-state index contributed by atoms with van der Waals surface area (Å²) in [6.45, 7) is 5.13. The van der Waals surface area contributed by atoms with Crippen molar-refractivity contribution < 1.29 is 4.39 Å². The van der Waals surface area contributed by atoms with Gasteiger partial charge in [-0.1, -0.05) is 19.1 Å². The lowest BCUT2D eigenvalue weighted by Crippen LogP contribution is -2.22. The van der Waals surface area contributed by atoms with Crippen molar-refractivity contribution in [3.05, 3.63) is 53.1 Å². The minimum atomic E-state index is -0.181. The number of nitrogens with one attached hydrogen (secondary N) is 2. The van der Waals surface area contributed by atoms with E-state index in [0.717, 1.165) is 37.1 Å². The van der Waals surface area contributed by atoms with Crippen LogP contribution in [0.3, 0.4) is 0 Å². The number of aromatic nitrogens is 2. The molecule has 20 heavy (non-hydrogen) atoms. The van der Waals surface area contributed by atoms with Gasteiger partial charge in [0.25, 0.3) is 0 Å². The fraction of sp³-hybridized carbons (Fsp3) is 0.438. The van der Waals surface area contributed by atoms with Gasteiger partial charge in [-0.2, -0.15) is 5.10 Å². The number of rotatable bonds is 7. The van der Waals surface area contributed by atoms with E-state index in [0.29, 0.717) is 6.04 Å². The Labute approximate surface area is 119 Å². The first-order chi connectivity index (χ1) is 9.70. The molecule has 0 aliphatic heterocycles. The van der Waals surface area contributed by atoms with Crippen LogP contribution < -0.4 is 5.32 Å². The lowest BCUT2D eigenvalue weighted by molar-refractivity contribution is 0.509. The van der Waals surface area contributed by atoms with Crippen LogP contribution in [-0.4, -0.2) is 16.7 Å². The van der Waals surface area contributed by atoms with Crippen LogP contribution in [0.4, 0.5) is 4.39 Å². The molecule has 0 amide bonds. The van der Waals surface area contributed by atoms with E-state index in [2.05, 4.69) is 22.4 Å². The van der Waals surface area contributed by atoms with Gasteiger partial charge in [-0.3, -0.25) is 5.10 Å². The van der Waals surface area contributed by atoms with Crippen LogP contribution in [-0.2, 0) is 6.42 Å². The van der Waals surface area contributed by atoms with Crippen molar-refractivity contribution in [2.75, 3.05) is 6.54 Å². The Kier molecular flexibility index (Phi) is 5.30. The van der Waals surface area contributed by atoms with Gasteiger partial charge in [0.1, 0.15) is 5.82 Å². The summed E-state index contributed by atoms with van der Waals surface area (Å²) in [5, 5.41) is 10.5. The van der Waals surface area contributed by atoms with Gasteiger partial charge >= 0.3 is 0 Å². The molecule has 0 saturated carbocycles. The van der Waals surface area contributed by atoms with E-state index >= 15 is 0 Å². The van der Waals surface area contributed by atoms with Crippen molar-refractivity contribution in [3.63, 3.8) is 0 Å². The van der Waals surface area contributed by atoms with Crippen LogP contribution in [0.15, 0.2) is 30.5 Å². The molecule has 2 rings (SSSR count). The summed E-state index contributed by atoms with van der Waals surface area (Å²) in [7, 11) is 0. The van der Waals surface area contributed by atoms with Crippen LogP contribution in [0.2, 0.25) is 0 Å². The molecule has 1 heterocycles. The minimum Gasteiger partial charge on any atom is -0.310 e. The first-order valence-corrected chi connectivity index (χ1v) is 7.18. The number of H-pyrrole nitrogens is 1. The molecule has 4 heteroatoms. The third-order valence-corrected chi connectivity index (χ3v) is 3.63. The van der Waals surface area contributed by atoms with E-state index in [4.69, 9.17) is 0 Å². The summed E-state index contributed by atoms with van der Waals surface area (Å²) >= 11 is 0. The number of nitrogens with zero attached hydrogens (tertiary/aromatic N) is 1. The molecular formula is C16H22FN3. The van der Waals surface area contributed by atoms with E-state index in [1.165, 1.54) is 17.7 Å². The van der Waals surface area contributed by atoms with Gasteiger partial charge < -0.3 is 5.32 Å². The van der Waals surface area contributed by atoms with Crippen LogP contribution in [0.25, 0.3) is 0 Å². The Morgan fingerprint density at radius 1 is 1.30 bits per heavy atom. The number of hydrogen-bond acceptors (Lipinski definition) is 2. The summed E-state index contributed by atoms with van der Waals surface area (Å²) in [5.41, 5.74) is 3.57. The zero-order valence-corrected chi connectivity index (χ0v) is 12.1. The predicted molar refractivity (Wildman–Crippen MR) is 79.1 cm³/mol. The Morgan fingerprint density at radius 3 is 2.65 bits per heavy atom. The molecule has 1 aromatic carbocycles. The fourth-order valence-electron chi connectivity index (χ4n) is 2.38. The highest BCUT2D eigenvalue weighted by molar-refractivity contribution is 5.20. The SMILES string of the molecule is CCC(NCCCc1cn[nH]c1C)c1ccc(F)cc1. The molecule has 1 atom stereocenters.